The van der Waals surface area contributed by atoms with Crippen LogP contribution >= 0.6 is 0 Å². The Kier molecular flexibility index (Phi) is 7.43. The number of methoxy groups -OCH3 is 1. The van der Waals surface area contributed by atoms with Gasteiger partial charge in [-0.2, -0.15) is 0 Å². The molecule has 5 nitrogen and oxygen atoms in total. The van der Waals surface area contributed by atoms with Crippen LogP contribution < -0.4 is 14.4 Å². The first-order valence-electron chi connectivity index (χ1n) is 10.3. The number of ether oxygens (including phenoxy) is 2. The van der Waals surface area contributed by atoms with Crippen LogP contribution in [0, 0.1) is 0 Å². The summed E-state index contributed by atoms with van der Waals surface area (Å²) in [6.45, 7) is 4.60. The Hall–Kier alpha value is -2.40. The molecule has 1 aliphatic rings. The fourth-order valence-electron chi connectivity index (χ4n) is 4.00. The smallest absolute Gasteiger partial charge is 0.161 e. The number of carbonyl (C=O) groups excluding carboxylic acids is 1. The molecule has 5 heteroatoms. The number of piperidine rings is 1. The van der Waals surface area contributed by atoms with E-state index in [1.54, 1.807) is 31.1 Å². The number of pyridine rings is 1. The van der Waals surface area contributed by atoms with Crippen molar-refractivity contribution in [2.45, 2.75) is 45.1 Å². The van der Waals surface area contributed by atoms with Crippen molar-refractivity contribution in [3.05, 3.63) is 53.9 Å². The minimum Gasteiger partial charge on any atom is -0.493 e. The van der Waals surface area contributed by atoms with E-state index in [1.807, 2.05) is 24.5 Å². The summed E-state index contributed by atoms with van der Waals surface area (Å²) in [7, 11) is 1.60. The number of carbonyl (C=O) groups is 1. The molecule has 2 aromatic rings. The van der Waals surface area contributed by atoms with Gasteiger partial charge in [0.05, 0.1) is 26.8 Å². The molecule has 2 heterocycles. The highest BCUT2D eigenvalue weighted by Gasteiger charge is 2.27. The van der Waals surface area contributed by atoms with Crippen LogP contribution in [-0.2, 0) is 0 Å². The zero-order valence-corrected chi connectivity index (χ0v) is 16.9. The summed E-state index contributed by atoms with van der Waals surface area (Å²) in [5, 5.41) is 0. The van der Waals surface area contributed by atoms with Crippen LogP contribution in [0.3, 0.4) is 0 Å². The zero-order valence-electron chi connectivity index (χ0n) is 16.9. The van der Waals surface area contributed by atoms with Gasteiger partial charge in [0, 0.05) is 29.9 Å². The lowest BCUT2D eigenvalue weighted by molar-refractivity contribution is -0.937. The van der Waals surface area contributed by atoms with E-state index >= 15 is 0 Å². The van der Waals surface area contributed by atoms with Gasteiger partial charge in [0.1, 0.15) is 6.04 Å². The predicted octanol–water partition coefficient (Wildman–Crippen LogP) is 3.26. The number of Topliss-reactive ketones (excluding diaryl/α,β-unsaturated/α-hetero) is 1. The van der Waals surface area contributed by atoms with E-state index in [4.69, 9.17) is 9.47 Å². The Balaban J connectivity index is 1.47. The molecule has 1 fully saturated rings. The quantitative estimate of drug-likeness (QED) is 0.533. The number of unbranched alkanes of at least 4 members (excludes halogenated alkanes) is 1. The van der Waals surface area contributed by atoms with Crippen molar-refractivity contribution in [3.8, 4) is 11.5 Å². The maximum atomic E-state index is 11.5. The highest BCUT2D eigenvalue weighted by atomic mass is 16.5. The summed E-state index contributed by atoms with van der Waals surface area (Å²) >= 11 is 0. The maximum Gasteiger partial charge on any atom is 0.161 e. The van der Waals surface area contributed by atoms with Crippen molar-refractivity contribution in [1.29, 1.82) is 0 Å². The molecule has 0 aliphatic carbocycles. The molecule has 1 aromatic heterocycles. The van der Waals surface area contributed by atoms with Gasteiger partial charge in [-0.15, -0.1) is 0 Å². The van der Waals surface area contributed by atoms with Gasteiger partial charge in [0.15, 0.2) is 17.3 Å². The molecule has 0 radical (unpaired) electrons. The van der Waals surface area contributed by atoms with Gasteiger partial charge in [0.25, 0.3) is 0 Å². The number of ketones is 1. The molecule has 3 rings (SSSR count). The Morgan fingerprint density at radius 2 is 2.11 bits per heavy atom. The minimum atomic E-state index is 0.0255. The molecule has 2 atom stereocenters. The average molecular weight is 384 g/mol. The normalized spacial score (nSPS) is 19.2. The summed E-state index contributed by atoms with van der Waals surface area (Å²) in [5.41, 5.74) is 2.00. The molecule has 1 N–H and O–H groups in total. The Labute approximate surface area is 167 Å². The number of hydrogen-bond acceptors (Lipinski definition) is 4. The second kappa shape index (κ2) is 10.2. The monoisotopic (exact) mass is 383 g/mol. The SMILES string of the molecule is COc1cc(C(C)=O)ccc1OCCCC[NH+]1CCCC[C@@H]1c1cccnc1. The third-order valence-electron chi connectivity index (χ3n) is 5.54. The van der Waals surface area contributed by atoms with E-state index in [0.29, 0.717) is 29.7 Å². The standard InChI is InChI=1S/C23H30N2O3/c1-18(26)19-10-11-22(23(16-19)27-2)28-15-6-5-14-25-13-4-3-9-21(25)20-8-7-12-24-17-20/h7-8,10-12,16-17,21H,3-6,9,13-15H2,1-2H3/p+1/t21-/m1/s1. The van der Waals surface area contributed by atoms with Gasteiger partial charge in [-0.25, -0.2) is 0 Å². The highest BCUT2D eigenvalue weighted by molar-refractivity contribution is 5.94. The van der Waals surface area contributed by atoms with Crippen molar-refractivity contribution in [2.24, 2.45) is 0 Å². The van der Waals surface area contributed by atoms with Crippen molar-refractivity contribution in [3.63, 3.8) is 0 Å². The summed E-state index contributed by atoms with van der Waals surface area (Å²) in [6.07, 6.45) is 9.86. The summed E-state index contributed by atoms with van der Waals surface area (Å²) in [4.78, 5) is 17.5. The van der Waals surface area contributed by atoms with Crippen LogP contribution in [0.15, 0.2) is 42.7 Å². The molecular formula is C23H31N2O3+. The Morgan fingerprint density at radius 1 is 1.21 bits per heavy atom. The van der Waals surface area contributed by atoms with Crippen molar-refractivity contribution in [1.82, 2.24) is 4.98 Å². The van der Waals surface area contributed by atoms with E-state index in [-0.39, 0.29) is 5.78 Å². The molecule has 0 saturated carbocycles. The van der Waals surface area contributed by atoms with Crippen LogP contribution in [0.4, 0.5) is 0 Å². The van der Waals surface area contributed by atoms with Crippen molar-refractivity contribution in [2.75, 3.05) is 26.8 Å². The predicted molar refractivity (Wildman–Crippen MR) is 109 cm³/mol. The molecule has 1 aromatic carbocycles. The number of likely N-dealkylation sites (tertiary alicyclic amines) is 1. The van der Waals surface area contributed by atoms with E-state index in [1.165, 1.54) is 31.4 Å². The number of nitrogens with zero attached hydrogens (tertiary/aromatic N) is 1. The van der Waals surface area contributed by atoms with Gasteiger partial charge >= 0.3 is 0 Å². The second-order valence-electron chi connectivity index (χ2n) is 7.47. The first-order chi connectivity index (χ1) is 13.7. The average Bonchev–Trinajstić information content (AvgIpc) is 2.74. The van der Waals surface area contributed by atoms with E-state index in [0.717, 1.165) is 19.4 Å². The van der Waals surface area contributed by atoms with Gasteiger partial charge in [-0.3, -0.25) is 9.78 Å². The van der Waals surface area contributed by atoms with Crippen LogP contribution in [0.25, 0.3) is 0 Å². The maximum absolute atomic E-state index is 11.5. The number of aromatic nitrogens is 1. The largest absolute Gasteiger partial charge is 0.493 e. The fraction of sp³-hybridized carbons (Fsp3) is 0.478. The number of benzene rings is 1. The first kappa shape index (κ1) is 20.3. The molecule has 1 saturated heterocycles. The van der Waals surface area contributed by atoms with Gasteiger partial charge < -0.3 is 14.4 Å². The van der Waals surface area contributed by atoms with E-state index in [2.05, 4.69) is 11.1 Å². The van der Waals surface area contributed by atoms with Gasteiger partial charge in [-0.05, 0) is 56.9 Å². The highest BCUT2D eigenvalue weighted by Crippen LogP contribution is 2.28. The number of nitrogens with one attached hydrogen (secondary N) is 1. The summed E-state index contributed by atoms with van der Waals surface area (Å²) in [5.74, 6) is 1.34. The molecular weight excluding hydrogens is 352 g/mol. The molecule has 1 aliphatic heterocycles. The van der Waals surface area contributed by atoms with Gasteiger partial charge in [-0.1, -0.05) is 6.07 Å². The Bertz CT molecular complexity index is 764. The molecule has 1 unspecified atom stereocenters. The third kappa shape index (κ3) is 5.32. The number of quaternary nitrogens is 1. The summed E-state index contributed by atoms with van der Waals surface area (Å²) < 4.78 is 11.3. The van der Waals surface area contributed by atoms with Crippen molar-refractivity contribution >= 4 is 5.78 Å². The van der Waals surface area contributed by atoms with Crippen molar-refractivity contribution < 1.29 is 19.2 Å². The lowest BCUT2D eigenvalue weighted by Crippen LogP contribution is -3.13. The summed E-state index contributed by atoms with van der Waals surface area (Å²) in [6, 6.07) is 10.2. The van der Waals surface area contributed by atoms with Crippen LogP contribution in [0.5, 0.6) is 11.5 Å². The van der Waals surface area contributed by atoms with E-state index < -0.39 is 0 Å². The first-order valence-corrected chi connectivity index (χ1v) is 10.3. The number of rotatable bonds is 9. The second-order valence-corrected chi connectivity index (χ2v) is 7.47. The lowest BCUT2D eigenvalue weighted by Gasteiger charge is -2.32. The van der Waals surface area contributed by atoms with Crippen LogP contribution in [0.1, 0.15) is 61.0 Å². The fourth-order valence-corrected chi connectivity index (χ4v) is 4.00. The van der Waals surface area contributed by atoms with Gasteiger partial charge in [0.2, 0.25) is 0 Å². The number of hydrogen-bond donors (Lipinski definition) is 1. The Morgan fingerprint density at radius 3 is 2.86 bits per heavy atom. The third-order valence-corrected chi connectivity index (χ3v) is 5.54. The molecule has 0 spiro atoms. The van der Waals surface area contributed by atoms with E-state index in [9.17, 15) is 4.79 Å². The lowest BCUT2D eigenvalue weighted by atomic mass is 9.96. The molecule has 0 amide bonds. The zero-order chi connectivity index (χ0) is 19.8. The van der Waals surface area contributed by atoms with Crippen LogP contribution in [0.2, 0.25) is 0 Å². The molecule has 28 heavy (non-hydrogen) atoms. The topological polar surface area (TPSA) is 52.9 Å². The molecule has 0 bridgehead atoms. The van der Waals surface area contributed by atoms with Crippen LogP contribution in [-0.4, -0.2) is 37.6 Å². The molecule has 150 valence electrons. The minimum absolute atomic E-state index is 0.0255.